The molecule has 2 heterocycles. The third-order valence-electron chi connectivity index (χ3n) is 5.24. The number of aryl methyl sites for hydroxylation is 1. The molecule has 0 spiro atoms. The maximum atomic E-state index is 13.6. The zero-order chi connectivity index (χ0) is 22.9. The molecule has 7 nitrogen and oxygen atoms in total. The van der Waals surface area contributed by atoms with E-state index in [0.29, 0.717) is 11.3 Å². The maximum Gasteiger partial charge on any atom is 0.252 e. The Balaban J connectivity index is 1.74. The van der Waals surface area contributed by atoms with Gasteiger partial charge in [-0.2, -0.15) is 4.31 Å². The fourth-order valence-electron chi connectivity index (χ4n) is 3.58. The predicted octanol–water partition coefficient (Wildman–Crippen LogP) is 3.68. The van der Waals surface area contributed by atoms with Crippen molar-refractivity contribution in [3.8, 4) is 0 Å². The maximum absolute atomic E-state index is 13.6. The van der Waals surface area contributed by atoms with Crippen molar-refractivity contribution >= 4 is 43.5 Å². The number of hydrogen-bond acceptors (Lipinski definition) is 5. The van der Waals surface area contributed by atoms with Gasteiger partial charge in [0.25, 0.3) is 5.91 Å². The number of pyridine rings is 1. The van der Waals surface area contributed by atoms with Gasteiger partial charge in [-0.25, -0.2) is 13.3 Å². The van der Waals surface area contributed by atoms with E-state index in [0.717, 1.165) is 19.2 Å². The molecule has 3 aromatic rings. The molecule has 164 valence electrons. The van der Waals surface area contributed by atoms with E-state index in [9.17, 15) is 18.0 Å². The van der Waals surface area contributed by atoms with Gasteiger partial charge in [0.15, 0.2) is 0 Å². The molecule has 0 bridgehead atoms. The van der Waals surface area contributed by atoms with Crippen molar-refractivity contribution in [2.24, 2.45) is 0 Å². The number of rotatable bonds is 6. The summed E-state index contributed by atoms with van der Waals surface area (Å²) < 4.78 is 29.1. The second kappa shape index (κ2) is 8.93. The van der Waals surface area contributed by atoms with Gasteiger partial charge in [-0.05, 0) is 55.0 Å². The zero-order valence-electron chi connectivity index (χ0n) is 17.2. The van der Waals surface area contributed by atoms with Gasteiger partial charge in [-0.1, -0.05) is 39.7 Å². The number of nitrogens with zero attached hydrogens (tertiary/aromatic N) is 3. The molecule has 1 atom stereocenters. The van der Waals surface area contributed by atoms with Crippen molar-refractivity contribution < 1.29 is 18.0 Å². The first-order valence-corrected chi connectivity index (χ1v) is 12.1. The van der Waals surface area contributed by atoms with Crippen LogP contribution in [0.3, 0.4) is 0 Å². The number of imide groups is 1. The van der Waals surface area contributed by atoms with Crippen LogP contribution in [0.5, 0.6) is 0 Å². The number of aromatic nitrogens is 1. The van der Waals surface area contributed by atoms with E-state index < -0.39 is 27.9 Å². The average molecular weight is 514 g/mol. The lowest BCUT2D eigenvalue weighted by Crippen LogP contribution is -2.45. The van der Waals surface area contributed by atoms with Gasteiger partial charge in [0, 0.05) is 23.4 Å². The highest BCUT2D eigenvalue weighted by Gasteiger charge is 2.47. The molecular weight excluding hydrogens is 494 g/mol. The third kappa shape index (κ3) is 4.36. The van der Waals surface area contributed by atoms with Gasteiger partial charge in [0.1, 0.15) is 6.04 Å². The normalized spacial score (nSPS) is 16.7. The van der Waals surface area contributed by atoms with Crippen LogP contribution in [0.25, 0.3) is 0 Å². The number of sulfonamides is 1. The number of hydrogen-bond donors (Lipinski definition) is 0. The van der Waals surface area contributed by atoms with E-state index >= 15 is 0 Å². The summed E-state index contributed by atoms with van der Waals surface area (Å²) in [5.41, 5.74) is 1.93. The van der Waals surface area contributed by atoms with Crippen LogP contribution in [0, 0.1) is 6.92 Å². The van der Waals surface area contributed by atoms with Gasteiger partial charge >= 0.3 is 0 Å². The van der Waals surface area contributed by atoms with E-state index in [-0.39, 0.29) is 17.9 Å². The summed E-state index contributed by atoms with van der Waals surface area (Å²) in [6.07, 6.45) is 2.90. The first-order chi connectivity index (χ1) is 15.3. The Morgan fingerprint density at radius 3 is 2.38 bits per heavy atom. The Morgan fingerprint density at radius 1 is 1.06 bits per heavy atom. The molecule has 4 rings (SSSR count). The number of anilines is 1. The zero-order valence-corrected chi connectivity index (χ0v) is 19.6. The van der Waals surface area contributed by atoms with E-state index in [1.165, 1.54) is 12.1 Å². The number of carbonyl (C=O) groups is 2. The Bertz CT molecular complexity index is 1250. The average Bonchev–Trinajstić information content (AvgIpc) is 3.07. The fraction of sp³-hybridized carbons (Fsp3) is 0.174. The molecule has 32 heavy (non-hydrogen) atoms. The third-order valence-corrected chi connectivity index (χ3v) is 7.64. The summed E-state index contributed by atoms with van der Waals surface area (Å²) >= 11 is 3.33. The quantitative estimate of drug-likeness (QED) is 0.469. The minimum Gasteiger partial charge on any atom is -0.274 e. The van der Waals surface area contributed by atoms with Crippen molar-refractivity contribution in [2.45, 2.75) is 30.8 Å². The van der Waals surface area contributed by atoms with Crippen LogP contribution in [0.15, 0.2) is 82.4 Å². The summed E-state index contributed by atoms with van der Waals surface area (Å²) in [5, 5.41) is 0. The second-order valence-corrected chi connectivity index (χ2v) is 10.3. The van der Waals surface area contributed by atoms with E-state index in [2.05, 4.69) is 20.9 Å². The Kier molecular flexibility index (Phi) is 6.23. The van der Waals surface area contributed by atoms with Crippen LogP contribution >= 0.6 is 15.9 Å². The largest absolute Gasteiger partial charge is 0.274 e. The molecule has 1 aliphatic rings. The molecule has 2 aromatic carbocycles. The van der Waals surface area contributed by atoms with Crippen molar-refractivity contribution in [2.75, 3.05) is 4.90 Å². The van der Waals surface area contributed by atoms with Crippen LogP contribution in [0.4, 0.5) is 5.69 Å². The molecular formula is C23H20BrN3O4S. The topological polar surface area (TPSA) is 87.7 Å². The van der Waals surface area contributed by atoms with Gasteiger partial charge < -0.3 is 0 Å². The summed E-state index contributed by atoms with van der Waals surface area (Å²) in [4.78, 5) is 31.3. The van der Waals surface area contributed by atoms with Crippen molar-refractivity contribution in [3.05, 3.63) is 88.7 Å². The van der Waals surface area contributed by atoms with Crippen molar-refractivity contribution in [3.63, 3.8) is 0 Å². The molecule has 0 N–H and O–H groups in total. The van der Waals surface area contributed by atoms with E-state index in [1.807, 2.05) is 6.92 Å². The minimum atomic E-state index is -4.07. The van der Waals surface area contributed by atoms with Crippen LogP contribution in [0.2, 0.25) is 0 Å². The second-order valence-electron chi connectivity index (χ2n) is 7.49. The van der Waals surface area contributed by atoms with Crippen molar-refractivity contribution in [1.29, 1.82) is 0 Å². The number of halogens is 1. The minimum absolute atomic E-state index is 0.0642. The molecule has 1 saturated heterocycles. The highest BCUT2D eigenvalue weighted by molar-refractivity contribution is 9.10. The Labute approximate surface area is 194 Å². The highest BCUT2D eigenvalue weighted by Crippen LogP contribution is 2.31. The smallest absolute Gasteiger partial charge is 0.252 e. The van der Waals surface area contributed by atoms with E-state index in [4.69, 9.17) is 0 Å². The Morgan fingerprint density at radius 2 is 1.75 bits per heavy atom. The molecule has 2 amide bonds. The van der Waals surface area contributed by atoms with E-state index in [1.54, 1.807) is 60.9 Å². The summed E-state index contributed by atoms with van der Waals surface area (Å²) in [7, 11) is -4.07. The van der Waals surface area contributed by atoms with Crippen LogP contribution < -0.4 is 4.90 Å². The molecule has 1 fully saturated rings. The first kappa shape index (κ1) is 22.3. The lowest BCUT2D eigenvalue weighted by molar-refractivity contribution is -0.122. The number of carbonyl (C=O) groups excluding carboxylic acids is 2. The monoisotopic (exact) mass is 513 g/mol. The number of amides is 2. The van der Waals surface area contributed by atoms with Crippen LogP contribution in [-0.4, -0.2) is 35.6 Å². The lowest BCUT2D eigenvalue weighted by Gasteiger charge is -2.27. The molecule has 1 unspecified atom stereocenters. The summed E-state index contributed by atoms with van der Waals surface area (Å²) in [5.74, 6) is -1.02. The molecule has 0 radical (unpaired) electrons. The van der Waals surface area contributed by atoms with Gasteiger partial charge in [-0.15, -0.1) is 0 Å². The number of benzene rings is 2. The summed E-state index contributed by atoms with van der Waals surface area (Å²) in [6, 6.07) is 15.4. The van der Waals surface area contributed by atoms with Crippen LogP contribution in [0.1, 0.15) is 17.5 Å². The lowest BCUT2D eigenvalue weighted by atomic mass is 10.2. The van der Waals surface area contributed by atoms with Gasteiger partial charge in [0.2, 0.25) is 15.9 Å². The van der Waals surface area contributed by atoms with Crippen molar-refractivity contribution in [1.82, 2.24) is 9.29 Å². The predicted molar refractivity (Wildman–Crippen MR) is 123 cm³/mol. The highest BCUT2D eigenvalue weighted by atomic mass is 79.9. The molecule has 9 heteroatoms. The van der Waals surface area contributed by atoms with Crippen LogP contribution in [-0.2, 0) is 26.2 Å². The Hall–Kier alpha value is -2.88. The summed E-state index contributed by atoms with van der Waals surface area (Å²) in [6.45, 7) is 1.78. The van der Waals surface area contributed by atoms with Gasteiger partial charge in [-0.3, -0.25) is 14.6 Å². The SMILES string of the molecule is Cc1ccc(S(=O)(=O)N(Cc2cccnc2)C2CC(=O)N(c3ccc(Br)cc3)C2=O)cc1. The van der Waals surface area contributed by atoms with Gasteiger partial charge in [0.05, 0.1) is 17.0 Å². The molecule has 0 aliphatic carbocycles. The first-order valence-electron chi connectivity index (χ1n) is 9.87. The molecule has 1 aromatic heterocycles. The molecule has 1 aliphatic heterocycles. The standard InChI is InChI=1S/C23H20BrN3O4S/c1-16-4-10-20(11-5-16)32(30,31)26(15-17-3-2-12-25-14-17)21-13-22(28)27(23(21)29)19-8-6-18(24)7-9-19/h2-12,14,21H,13,15H2,1H3. The molecule has 0 saturated carbocycles. The fourth-order valence-corrected chi connectivity index (χ4v) is 5.42.